The first-order valence-corrected chi connectivity index (χ1v) is 6.86. The van der Waals surface area contributed by atoms with Crippen molar-refractivity contribution in [3.05, 3.63) is 46.7 Å². The molecule has 0 spiro atoms. The minimum absolute atomic E-state index is 0.0759. The Balaban J connectivity index is 2.11. The number of hydrogen-bond acceptors (Lipinski definition) is 3. The second-order valence-corrected chi connectivity index (χ2v) is 5.20. The van der Waals surface area contributed by atoms with Crippen LogP contribution in [0, 0.1) is 0 Å². The molecule has 1 atom stereocenters. The highest BCUT2D eigenvalue weighted by molar-refractivity contribution is 9.10. The Hall–Kier alpha value is -1.20. The maximum atomic E-state index is 6.21. The molecule has 0 aromatic carbocycles. The largest absolute Gasteiger partial charge is 0.335 e. The van der Waals surface area contributed by atoms with E-state index in [9.17, 15) is 0 Å². The van der Waals surface area contributed by atoms with Crippen molar-refractivity contribution < 1.29 is 0 Å². The van der Waals surface area contributed by atoms with E-state index in [0.29, 0.717) is 0 Å². The molecule has 0 bridgehead atoms. The first-order valence-electron chi connectivity index (χ1n) is 6.06. The fourth-order valence-corrected chi connectivity index (χ4v) is 2.30. The molecule has 2 aromatic rings. The van der Waals surface area contributed by atoms with Gasteiger partial charge in [0.2, 0.25) is 0 Å². The van der Waals surface area contributed by atoms with E-state index in [2.05, 4.69) is 37.4 Å². The highest BCUT2D eigenvalue weighted by Crippen LogP contribution is 2.18. The van der Waals surface area contributed by atoms with E-state index in [0.717, 1.165) is 35.2 Å². The number of nitrogens with two attached hydrogens (primary N) is 1. The van der Waals surface area contributed by atoms with Crippen LogP contribution in [0.25, 0.3) is 0 Å². The average Bonchev–Trinajstić information content (AvgIpc) is 2.77. The number of halogens is 1. The molecule has 0 aliphatic carbocycles. The van der Waals surface area contributed by atoms with Gasteiger partial charge in [0.05, 0.1) is 0 Å². The summed E-state index contributed by atoms with van der Waals surface area (Å²) in [5.74, 6) is 1.03. The van der Waals surface area contributed by atoms with Crippen LogP contribution in [-0.4, -0.2) is 14.5 Å². The Morgan fingerprint density at radius 1 is 1.44 bits per heavy atom. The van der Waals surface area contributed by atoms with E-state index in [1.54, 1.807) is 6.20 Å². The van der Waals surface area contributed by atoms with Crippen LogP contribution in [0.15, 0.2) is 35.3 Å². The van der Waals surface area contributed by atoms with Gasteiger partial charge >= 0.3 is 0 Å². The molecule has 2 N–H and O–H groups in total. The van der Waals surface area contributed by atoms with Crippen LogP contribution >= 0.6 is 15.9 Å². The standard InChI is InChI=1S/C13H17BrN4/c1-2-4-18-5-3-17-13(18)7-12(15)10-6-11(14)9-16-8-10/h3,5-6,8-9,12H,2,4,7,15H2,1H3. The van der Waals surface area contributed by atoms with Gasteiger partial charge in [0.15, 0.2) is 0 Å². The molecule has 2 aromatic heterocycles. The smallest absolute Gasteiger partial charge is 0.110 e. The zero-order valence-corrected chi connectivity index (χ0v) is 12.0. The molecule has 0 saturated carbocycles. The van der Waals surface area contributed by atoms with Crippen LogP contribution in [0.3, 0.4) is 0 Å². The molecule has 2 heterocycles. The van der Waals surface area contributed by atoms with Crippen LogP contribution < -0.4 is 5.73 Å². The van der Waals surface area contributed by atoms with Crippen molar-refractivity contribution >= 4 is 15.9 Å². The molecule has 0 aliphatic rings. The molecular weight excluding hydrogens is 292 g/mol. The molecule has 0 fully saturated rings. The molecule has 0 amide bonds. The van der Waals surface area contributed by atoms with Crippen LogP contribution in [0.2, 0.25) is 0 Å². The normalized spacial score (nSPS) is 12.6. The Morgan fingerprint density at radius 3 is 3.00 bits per heavy atom. The van der Waals surface area contributed by atoms with Gasteiger partial charge in [-0.05, 0) is 34.0 Å². The Labute approximate surface area is 115 Å². The van der Waals surface area contributed by atoms with Gasteiger partial charge in [-0.1, -0.05) is 6.92 Å². The van der Waals surface area contributed by atoms with Gasteiger partial charge in [-0.3, -0.25) is 4.98 Å². The summed E-state index contributed by atoms with van der Waals surface area (Å²) in [6.45, 7) is 3.14. The predicted molar refractivity (Wildman–Crippen MR) is 75.1 cm³/mol. The molecule has 0 radical (unpaired) electrons. The lowest BCUT2D eigenvalue weighted by Gasteiger charge is -2.13. The van der Waals surface area contributed by atoms with Gasteiger partial charge in [-0.2, -0.15) is 0 Å². The summed E-state index contributed by atoms with van der Waals surface area (Å²) in [4.78, 5) is 8.51. The average molecular weight is 309 g/mol. The lowest BCUT2D eigenvalue weighted by atomic mass is 10.1. The monoisotopic (exact) mass is 308 g/mol. The van der Waals surface area contributed by atoms with Crippen molar-refractivity contribution in [2.24, 2.45) is 5.73 Å². The van der Waals surface area contributed by atoms with Crippen LogP contribution in [0.5, 0.6) is 0 Å². The zero-order valence-electron chi connectivity index (χ0n) is 10.4. The zero-order chi connectivity index (χ0) is 13.0. The third-order valence-electron chi connectivity index (χ3n) is 2.82. The summed E-state index contributed by atoms with van der Waals surface area (Å²) in [6.07, 6.45) is 9.22. The summed E-state index contributed by atoms with van der Waals surface area (Å²) < 4.78 is 3.11. The van der Waals surface area contributed by atoms with Gasteiger partial charge < -0.3 is 10.3 Å². The van der Waals surface area contributed by atoms with E-state index < -0.39 is 0 Å². The molecule has 2 rings (SSSR count). The molecule has 0 aliphatic heterocycles. The van der Waals surface area contributed by atoms with Crippen LogP contribution in [-0.2, 0) is 13.0 Å². The third kappa shape index (κ3) is 3.17. The molecule has 5 heteroatoms. The van der Waals surface area contributed by atoms with Gasteiger partial charge in [0, 0.05) is 48.3 Å². The van der Waals surface area contributed by atoms with Crippen LogP contribution in [0.4, 0.5) is 0 Å². The summed E-state index contributed by atoms with van der Waals surface area (Å²) in [5.41, 5.74) is 7.23. The maximum Gasteiger partial charge on any atom is 0.110 e. The summed E-state index contributed by atoms with van der Waals surface area (Å²) >= 11 is 3.41. The van der Waals surface area contributed by atoms with Gasteiger partial charge in [-0.25, -0.2) is 4.98 Å². The second kappa shape index (κ2) is 6.11. The minimum atomic E-state index is -0.0759. The van der Waals surface area contributed by atoms with Crippen molar-refractivity contribution in [2.75, 3.05) is 0 Å². The number of pyridine rings is 1. The topological polar surface area (TPSA) is 56.7 Å². The Bertz CT molecular complexity index is 509. The maximum absolute atomic E-state index is 6.21. The summed E-state index contributed by atoms with van der Waals surface area (Å²) in [5, 5.41) is 0. The first-order chi connectivity index (χ1) is 8.70. The fourth-order valence-electron chi connectivity index (χ4n) is 1.92. The van der Waals surface area contributed by atoms with Crippen molar-refractivity contribution in [3.63, 3.8) is 0 Å². The van der Waals surface area contributed by atoms with Gasteiger partial charge in [0.25, 0.3) is 0 Å². The van der Waals surface area contributed by atoms with E-state index >= 15 is 0 Å². The highest BCUT2D eigenvalue weighted by atomic mass is 79.9. The minimum Gasteiger partial charge on any atom is -0.335 e. The van der Waals surface area contributed by atoms with Crippen molar-refractivity contribution in [1.82, 2.24) is 14.5 Å². The number of hydrogen-bond donors (Lipinski definition) is 1. The van der Waals surface area contributed by atoms with Gasteiger partial charge in [0.1, 0.15) is 5.82 Å². The van der Waals surface area contributed by atoms with E-state index in [1.807, 2.05) is 24.7 Å². The fraction of sp³-hybridized carbons (Fsp3) is 0.385. The number of nitrogens with zero attached hydrogens (tertiary/aromatic N) is 3. The molecule has 4 nitrogen and oxygen atoms in total. The summed E-state index contributed by atoms with van der Waals surface area (Å²) in [6, 6.07) is 1.93. The highest BCUT2D eigenvalue weighted by Gasteiger charge is 2.11. The van der Waals surface area contributed by atoms with E-state index in [4.69, 9.17) is 5.73 Å². The lowest BCUT2D eigenvalue weighted by Crippen LogP contribution is -2.16. The number of aromatic nitrogens is 3. The molecule has 18 heavy (non-hydrogen) atoms. The first kappa shape index (κ1) is 13.2. The third-order valence-corrected chi connectivity index (χ3v) is 3.26. The predicted octanol–water partition coefficient (Wildman–Crippen LogP) is 2.69. The number of rotatable bonds is 5. The quantitative estimate of drug-likeness (QED) is 0.924. The van der Waals surface area contributed by atoms with Gasteiger partial charge in [-0.15, -0.1) is 0 Å². The van der Waals surface area contributed by atoms with Crippen LogP contribution in [0.1, 0.15) is 30.8 Å². The lowest BCUT2D eigenvalue weighted by molar-refractivity contribution is 0.598. The Morgan fingerprint density at radius 2 is 2.28 bits per heavy atom. The molecule has 1 unspecified atom stereocenters. The molecule has 96 valence electrons. The second-order valence-electron chi connectivity index (χ2n) is 4.28. The van der Waals surface area contributed by atoms with Crippen molar-refractivity contribution in [1.29, 1.82) is 0 Å². The van der Waals surface area contributed by atoms with Crippen molar-refractivity contribution in [3.8, 4) is 0 Å². The van der Waals surface area contributed by atoms with E-state index in [1.165, 1.54) is 0 Å². The molecular formula is C13H17BrN4. The summed E-state index contributed by atoms with van der Waals surface area (Å²) in [7, 11) is 0. The number of imidazole rings is 1. The number of aryl methyl sites for hydroxylation is 1. The SMILES string of the molecule is CCCn1ccnc1CC(N)c1cncc(Br)c1. The van der Waals surface area contributed by atoms with E-state index in [-0.39, 0.29) is 6.04 Å². The molecule has 0 saturated heterocycles. The van der Waals surface area contributed by atoms with Crippen molar-refractivity contribution in [2.45, 2.75) is 32.4 Å². The Kier molecular flexibility index (Phi) is 4.49.